The number of hydrogen-bond donors (Lipinski definition) is 1. The Morgan fingerprint density at radius 2 is 1.61 bits per heavy atom. The van der Waals surface area contributed by atoms with E-state index in [1.165, 1.54) is 0 Å². The summed E-state index contributed by atoms with van der Waals surface area (Å²) in [5.74, 6) is 0.544. The average Bonchev–Trinajstić information content (AvgIpc) is 3.00. The van der Waals surface area contributed by atoms with Gasteiger partial charge >= 0.3 is 0 Å². The van der Waals surface area contributed by atoms with E-state index in [9.17, 15) is 0 Å². The van der Waals surface area contributed by atoms with Gasteiger partial charge in [0.2, 0.25) is 0 Å². The summed E-state index contributed by atoms with van der Waals surface area (Å²) in [6, 6.07) is 21.2. The van der Waals surface area contributed by atoms with Crippen LogP contribution in [0.3, 0.4) is 0 Å². The predicted molar refractivity (Wildman–Crippen MR) is 93.3 cm³/mol. The summed E-state index contributed by atoms with van der Waals surface area (Å²) < 4.78 is 1.64. The second kappa shape index (κ2) is 5.41. The molecule has 0 aliphatic heterocycles. The van der Waals surface area contributed by atoms with Gasteiger partial charge in [0.15, 0.2) is 5.65 Å². The molecule has 4 aromatic rings. The first kappa shape index (κ1) is 13.8. The van der Waals surface area contributed by atoms with Gasteiger partial charge in [-0.1, -0.05) is 54.1 Å². The van der Waals surface area contributed by atoms with Gasteiger partial charge in [-0.05, 0) is 12.1 Å². The molecular formula is C18H13ClN4. The van der Waals surface area contributed by atoms with Crippen molar-refractivity contribution in [3.8, 4) is 22.5 Å². The van der Waals surface area contributed by atoms with E-state index in [0.717, 1.165) is 22.5 Å². The van der Waals surface area contributed by atoms with Crippen molar-refractivity contribution in [1.29, 1.82) is 0 Å². The van der Waals surface area contributed by atoms with Gasteiger partial charge in [0, 0.05) is 28.3 Å². The van der Waals surface area contributed by atoms with Crippen molar-refractivity contribution in [1.82, 2.24) is 14.6 Å². The lowest BCUT2D eigenvalue weighted by molar-refractivity contribution is 0.957. The SMILES string of the molecule is Nc1cc(-c2ccccc2)nc2cc(-c3cccc(Cl)c3)nn12. The van der Waals surface area contributed by atoms with Crippen LogP contribution in [0.2, 0.25) is 5.02 Å². The number of nitrogens with zero attached hydrogens (tertiary/aromatic N) is 3. The Morgan fingerprint density at radius 1 is 0.826 bits per heavy atom. The second-order valence-corrected chi connectivity index (χ2v) is 5.68. The van der Waals surface area contributed by atoms with E-state index in [0.29, 0.717) is 16.5 Å². The van der Waals surface area contributed by atoms with Crippen LogP contribution in [0.15, 0.2) is 66.7 Å². The summed E-state index contributed by atoms with van der Waals surface area (Å²) in [6.45, 7) is 0. The largest absolute Gasteiger partial charge is 0.384 e. The van der Waals surface area contributed by atoms with Crippen LogP contribution in [0.1, 0.15) is 0 Å². The quantitative estimate of drug-likeness (QED) is 0.599. The van der Waals surface area contributed by atoms with Gasteiger partial charge in [-0.3, -0.25) is 0 Å². The minimum Gasteiger partial charge on any atom is -0.384 e. The summed E-state index contributed by atoms with van der Waals surface area (Å²) in [7, 11) is 0. The fourth-order valence-corrected chi connectivity index (χ4v) is 2.73. The lowest BCUT2D eigenvalue weighted by Crippen LogP contribution is -2.01. The number of anilines is 1. The minimum atomic E-state index is 0.544. The molecule has 0 spiro atoms. The van der Waals surface area contributed by atoms with Crippen LogP contribution in [-0.2, 0) is 0 Å². The zero-order valence-corrected chi connectivity index (χ0v) is 12.9. The predicted octanol–water partition coefficient (Wildman–Crippen LogP) is 4.30. The molecule has 2 heterocycles. The van der Waals surface area contributed by atoms with Crippen molar-refractivity contribution in [2.24, 2.45) is 0 Å². The van der Waals surface area contributed by atoms with E-state index < -0.39 is 0 Å². The van der Waals surface area contributed by atoms with Crippen LogP contribution in [-0.4, -0.2) is 14.6 Å². The number of nitrogen functional groups attached to an aromatic ring is 1. The highest BCUT2D eigenvalue weighted by atomic mass is 35.5. The molecule has 0 saturated heterocycles. The van der Waals surface area contributed by atoms with Gasteiger partial charge in [0.25, 0.3) is 0 Å². The maximum absolute atomic E-state index is 6.15. The summed E-state index contributed by atoms with van der Waals surface area (Å²) in [5.41, 5.74) is 10.4. The van der Waals surface area contributed by atoms with E-state index >= 15 is 0 Å². The highest BCUT2D eigenvalue weighted by Gasteiger charge is 2.10. The number of fused-ring (bicyclic) bond motifs is 1. The van der Waals surface area contributed by atoms with E-state index in [2.05, 4.69) is 10.1 Å². The van der Waals surface area contributed by atoms with E-state index in [1.54, 1.807) is 4.52 Å². The Labute approximate surface area is 138 Å². The van der Waals surface area contributed by atoms with Crippen molar-refractivity contribution in [3.63, 3.8) is 0 Å². The molecule has 0 radical (unpaired) electrons. The number of aromatic nitrogens is 3. The maximum Gasteiger partial charge on any atom is 0.158 e. The molecule has 0 aliphatic carbocycles. The molecule has 2 aromatic carbocycles. The van der Waals surface area contributed by atoms with Gasteiger partial charge in [0.05, 0.1) is 11.4 Å². The van der Waals surface area contributed by atoms with Crippen LogP contribution in [0.25, 0.3) is 28.2 Å². The lowest BCUT2D eigenvalue weighted by Gasteiger charge is -2.04. The zero-order valence-electron chi connectivity index (χ0n) is 12.1. The number of hydrogen-bond acceptors (Lipinski definition) is 3. The van der Waals surface area contributed by atoms with Crippen molar-refractivity contribution in [2.75, 3.05) is 5.73 Å². The zero-order chi connectivity index (χ0) is 15.8. The maximum atomic E-state index is 6.15. The molecule has 0 fully saturated rings. The standard InChI is InChI=1S/C18H13ClN4/c19-14-8-4-7-13(9-14)16-11-18-21-15(10-17(20)23(18)22-16)12-5-2-1-3-6-12/h1-11H,20H2. The second-order valence-electron chi connectivity index (χ2n) is 5.24. The van der Waals surface area contributed by atoms with E-state index in [1.807, 2.05) is 66.7 Å². The van der Waals surface area contributed by atoms with Crippen molar-refractivity contribution in [2.45, 2.75) is 0 Å². The first-order chi connectivity index (χ1) is 11.2. The van der Waals surface area contributed by atoms with Gasteiger partial charge in [0.1, 0.15) is 5.82 Å². The third kappa shape index (κ3) is 2.53. The molecule has 0 aliphatic rings. The van der Waals surface area contributed by atoms with Crippen LogP contribution in [0, 0.1) is 0 Å². The molecule has 4 nitrogen and oxygen atoms in total. The topological polar surface area (TPSA) is 56.2 Å². The molecule has 2 N–H and O–H groups in total. The smallest absolute Gasteiger partial charge is 0.158 e. The highest BCUT2D eigenvalue weighted by Crippen LogP contribution is 2.25. The van der Waals surface area contributed by atoms with E-state index in [4.69, 9.17) is 17.3 Å². The number of halogens is 1. The number of benzene rings is 2. The minimum absolute atomic E-state index is 0.544. The Kier molecular flexibility index (Phi) is 3.24. The van der Waals surface area contributed by atoms with Crippen molar-refractivity contribution >= 4 is 23.1 Å². The van der Waals surface area contributed by atoms with Crippen LogP contribution >= 0.6 is 11.6 Å². The third-order valence-corrected chi connectivity index (χ3v) is 3.88. The van der Waals surface area contributed by atoms with Crippen LogP contribution in [0.4, 0.5) is 5.82 Å². The molecule has 0 bridgehead atoms. The molecule has 23 heavy (non-hydrogen) atoms. The molecule has 2 aromatic heterocycles. The van der Waals surface area contributed by atoms with Gasteiger partial charge < -0.3 is 5.73 Å². The normalized spacial score (nSPS) is 11.0. The molecule has 5 heteroatoms. The summed E-state index contributed by atoms with van der Waals surface area (Å²) in [5, 5.41) is 5.20. The molecular weight excluding hydrogens is 308 g/mol. The summed E-state index contributed by atoms with van der Waals surface area (Å²) in [6.07, 6.45) is 0. The summed E-state index contributed by atoms with van der Waals surface area (Å²) >= 11 is 6.06. The molecule has 0 unspecified atom stereocenters. The molecule has 0 amide bonds. The van der Waals surface area contributed by atoms with E-state index in [-0.39, 0.29) is 0 Å². The van der Waals surface area contributed by atoms with Gasteiger partial charge in [-0.25, -0.2) is 4.98 Å². The first-order valence-corrected chi connectivity index (χ1v) is 7.56. The first-order valence-electron chi connectivity index (χ1n) is 7.18. The van der Waals surface area contributed by atoms with Crippen LogP contribution in [0.5, 0.6) is 0 Å². The molecule has 0 saturated carbocycles. The monoisotopic (exact) mass is 320 g/mol. The summed E-state index contributed by atoms with van der Waals surface area (Å²) in [4.78, 5) is 4.66. The molecule has 0 atom stereocenters. The molecule has 4 rings (SSSR count). The highest BCUT2D eigenvalue weighted by molar-refractivity contribution is 6.30. The number of nitrogens with two attached hydrogens (primary N) is 1. The number of rotatable bonds is 2. The molecule has 112 valence electrons. The Bertz CT molecular complexity index is 993. The van der Waals surface area contributed by atoms with Crippen molar-refractivity contribution in [3.05, 3.63) is 71.8 Å². The Morgan fingerprint density at radius 3 is 2.39 bits per heavy atom. The Hall–Kier alpha value is -2.85. The van der Waals surface area contributed by atoms with Gasteiger partial charge in [-0.15, -0.1) is 0 Å². The fraction of sp³-hybridized carbons (Fsp3) is 0. The lowest BCUT2D eigenvalue weighted by atomic mass is 10.1. The van der Waals surface area contributed by atoms with Gasteiger partial charge in [-0.2, -0.15) is 9.61 Å². The average molecular weight is 321 g/mol. The third-order valence-electron chi connectivity index (χ3n) is 3.64. The Balaban J connectivity index is 1.87. The van der Waals surface area contributed by atoms with Crippen LogP contribution < -0.4 is 5.73 Å². The van der Waals surface area contributed by atoms with Crippen molar-refractivity contribution < 1.29 is 0 Å². The fourth-order valence-electron chi connectivity index (χ4n) is 2.54.